The molecule has 150 valence electrons. The number of rotatable bonds is 6. The van der Waals surface area contributed by atoms with Gasteiger partial charge in [-0.1, -0.05) is 11.6 Å². The molecule has 2 aromatic rings. The quantitative estimate of drug-likeness (QED) is 0.695. The zero-order chi connectivity index (χ0) is 20.1. The summed E-state index contributed by atoms with van der Waals surface area (Å²) in [5.41, 5.74) is 1.25. The highest BCUT2D eigenvalue weighted by molar-refractivity contribution is 7.12. The first kappa shape index (κ1) is 20.8. The molecule has 0 unspecified atom stereocenters. The van der Waals surface area contributed by atoms with Crippen LogP contribution in [0.1, 0.15) is 35.4 Å². The Balaban J connectivity index is 1.57. The molecule has 0 spiro atoms. The number of nitrogens with one attached hydrogen (secondary N) is 2. The van der Waals surface area contributed by atoms with Gasteiger partial charge in [0, 0.05) is 23.2 Å². The molecule has 0 radical (unpaired) electrons. The van der Waals surface area contributed by atoms with Crippen molar-refractivity contribution in [1.82, 2.24) is 4.90 Å². The molecule has 1 aliphatic carbocycles. The fourth-order valence-corrected chi connectivity index (χ4v) is 4.53. The Bertz CT molecular complexity index is 811. The van der Waals surface area contributed by atoms with Gasteiger partial charge >= 0.3 is 0 Å². The molecule has 1 fully saturated rings. The average molecular weight is 420 g/mol. The summed E-state index contributed by atoms with van der Waals surface area (Å²) in [7, 11) is 4.18. The molecule has 0 saturated heterocycles. The van der Waals surface area contributed by atoms with Crippen molar-refractivity contribution < 1.29 is 9.59 Å². The van der Waals surface area contributed by atoms with Gasteiger partial charge in [0.1, 0.15) is 4.88 Å². The van der Waals surface area contributed by atoms with E-state index in [4.69, 9.17) is 11.6 Å². The van der Waals surface area contributed by atoms with Gasteiger partial charge in [0.05, 0.1) is 5.69 Å². The monoisotopic (exact) mass is 419 g/mol. The molecule has 2 amide bonds. The lowest BCUT2D eigenvalue weighted by Crippen LogP contribution is -2.31. The Morgan fingerprint density at radius 2 is 1.75 bits per heavy atom. The number of amides is 2. The minimum Gasteiger partial charge on any atom is -0.324 e. The number of hydrogen-bond acceptors (Lipinski definition) is 4. The Morgan fingerprint density at radius 3 is 2.39 bits per heavy atom. The fraction of sp³-hybridized carbons (Fsp3) is 0.429. The predicted octanol–water partition coefficient (Wildman–Crippen LogP) is 4.96. The highest BCUT2D eigenvalue weighted by atomic mass is 35.5. The molecule has 1 heterocycles. The zero-order valence-electron chi connectivity index (χ0n) is 16.2. The van der Waals surface area contributed by atoms with Crippen molar-refractivity contribution in [2.75, 3.05) is 31.3 Å². The van der Waals surface area contributed by atoms with E-state index in [1.807, 2.05) is 5.38 Å². The van der Waals surface area contributed by atoms with E-state index in [0.29, 0.717) is 27.2 Å². The van der Waals surface area contributed by atoms with Crippen LogP contribution in [0, 0.1) is 11.8 Å². The van der Waals surface area contributed by atoms with Crippen LogP contribution in [0.15, 0.2) is 35.7 Å². The maximum absolute atomic E-state index is 12.7. The number of hydrogen-bond donors (Lipinski definition) is 2. The summed E-state index contributed by atoms with van der Waals surface area (Å²) in [6.45, 7) is 1.08. The lowest BCUT2D eigenvalue weighted by molar-refractivity contribution is -0.121. The van der Waals surface area contributed by atoms with Crippen molar-refractivity contribution in [3.05, 3.63) is 45.6 Å². The van der Waals surface area contributed by atoms with Crippen LogP contribution >= 0.6 is 22.9 Å². The third kappa shape index (κ3) is 5.56. The maximum Gasteiger partial charge on any atom is 0.267 e. The number of anilines is 2. The molecule has 0 aliphatic heterocycles. The molecule has 1 aromatic heterocycles. The van der Waals surface area contributed by atoms with E-state index in [9.17, 15) is 9.59 Å². The lowest BCUT2D eigenvalue weighted by atomic mass is 9.81. The molecule has 1 aromatic carbocycles. The van der Waals surface area contributed by atoms with E-state index in [2.05, 4.69) is 29.6 Å². The highest BCUT2D eigenvalue weighted by Crippen LogP contribution is 2.31. The summed E-state index contributed by atoms with van der Waals surface area (Å²) in [6, 6.07) is 8.73. The van der Waals surface area contributed by atoms with Gasteiger partial charge in [-0.25, -0.2) is 0 Å². The van der Waals surface area contributed by atoms with Crippen LogP contribution in [0.25, 0.3) is 0 Å². The molecule has 7 heteroatoms. The van der Waals surface area contributed by atoms with E-state index < -0.39 is 0 Å². The van der Waals surface area contributed by atoms with Crippen LogP contribution in [0.4, 0.5) is 11.4 Å². The number of carbonyl (C=O) groups excluding carboxylic acids is 2. The van der Waals surface area contributed by atoms with Crippen LogP contribution in [-0.4, -0.2) is 37.4 Å². The number of benzene rings is 1. The third-order valence-electron chi connectivity index (χ3n) is 5.07. The summed E-state index contributed by atoms with van der Waals surface area (Å²) in [5.74, 6) is 0.468. The van der Waals surface area contributed by atoms with Crippen molar-refractivity contribution in [3.63, 3.8) is 0 Å². The first-order chi connectivity index (χ1) is 13.4. The first-order valence-corrected chi connectivity index (χ1v) is 10.8. The van der Waals surface area contributed by atoms with Crippen LogP contribution in [0.5, 0.6) is 0 Å². The van der Waals surface area contributed by atoms with Gasteiger partial charge in [0.25, 0.3) is 5.91 Å². The van der Waals surface area contributed by atoms with Gasteiger partial charge in [0.2, 0.25) is 5.91 Å². The van der Waals surface area contributed by atoms with Crippen LogP contribution in [0.2, 0.25) is 5.02 Å². The number of carbonyl (C=O) groups is 2. The maximum atomic E-state index is 12.7. The first-order valence-electron chi connectivity index (χ1n) is 9.52. The van der Waals surface area contributed by atoms with Crippen molar-refractivity contribution in [2.45, 2.75) is 25.7 Å². The minimum atomic E-state index is -0.234. The Hall–Kier alpha value is -1.89. The van der Waals surface area contributed by atoms with Crippen molar-refractivity contribution >= 4 is 46.1 Å². The molecule has 2 N–H and O–H groups in total. The highest BCUT2D eigenvalue weighted by Gasteiger charge is 2.27. The third-order valence-corrected chi connectivity index (χ3v) is 6.24. The SMILES string of the molecule is CN(C)CC1CCC(C(=O)Nc2ccsc2C(=O)Nc2ccc(Cl)cc2)CC1. The molecule has 1 saturated carbocycles. The topological polar surface area (TPSA) is 61.4 Å². The molecular formula is C21H26ClN3O2S. The summed E-state index contributed by atoms with van der Waals surface area (Å²) in [6.07, 6.45) is 3.95. The summed E-state index contributed by atoms with van der Waals surface area (Å²) < 4.78 is 0. The molecule has 3 rings (SSSR count). The Morgan fingerprint density at radius 1 is 1.07 bits per heavy atom. The molecule has 28 heavy (non-hydrogen) atoms. The van der Waals surface area contributed by atoms with Gasteiger partial charge in [-0.05, 0) is 81.4 Å². The van der Waals surface area contributed by atoms with Gasteiger partial charge in [-0.15, -0.1) is 11.3 Å². The van der Waals surface area contributed by atoms with Crippen LogP contribution in [-0.2, 0) is 4.79 Å². The second-order valence-electron chi connectivity index (χ2n) is 7.59. The molecular weight excluding hydrogens is 394 g/mol. The van der Waals surface area contributed by atoms with E-state index in [-0.39, 0.29) is 17.7 Å². The Kier molecular flexibility index (Phi) is 7.10. The van der Waals surface area contributed by atoms with Gasteiger partial charge in [-0.2, -0.15) is 0 Å². The predicted molar refractivity (Wildman–Crippen MR) is 116 cm³/mol. The van der Waals surface area contributed by atoms with E-state index >= 15 is 0 Å². The Labute approximate surface area is 175 Å². The summed E-state index contributed by atoms with van der Waals surface area (Å²) >= 11 is 7.19. The van der Waals surface area contributed by atoms with Gasteiger partial charge in [0.15, 0.2) is 0 Å². The smallest absolute Gasteiger partial charge is 0.267 e. The summed E-state index contributed by atoms with van der Waals surface area (Å²) in [5, 5.41) is 8.25. The normalized spacial score (nSPS) is 19.4. The number of nitrogens with zero attached hydrogens (tertiary/aromatic N) is 1. The van der Waals surface area contributed by atoms with Gasteiger partial charge in [-0.3, -0.25) is 9.59 Å². The second-order valence-corrected chi connectivity index (χ2v) is 8.95. The second kappa shape index (κ2) is 9.54. The standard InChI is InChI=1S/C21H26ClN3O2S/c1-25(2)13-14-3-5-15(6-4-14)20(26)24-18-11-12-28-19(18)21(27)23-17-9-7-16(22)8-10-17/h7-12,14-15H,3-6,13H2,1-2H3,(H,23,27)(H,24,26). The van der Waals surface area contributed by atoms with E-state index in [1.54, 1.807) is 30.3 Å². The largest absolute Gasteiger partial charge is 0.324 e. The molecule has 0 atom stereocenters. The van der Waals surface area contributed by atoms with Crippen LogP contribution in [0.3, 0.4) is 0 Å². The van der Waals surface area contributed by atoms with Crippen molar-refractivity contribution in [3.8, 4) is 0 Å². The minimum absolute atomic E-state index is 0.0160. The van der Waals surface area contributed by atoms with Crippen LogP contribution < -0.4 is 10.6 Å². The summed E-state index contributed by atoms with van der Waals surface area (Å²) in [4.78, 5) is 28.0. The fourth-order valence-electron chi connectivity index (χ4n) is 3.66. The van der Waals surface area contributed by atoms with E-state index in [0.717, 1.165) is 32.2 Å². The number of halogens is 1. The number of thiophene rings is 1. The lowest BCUT2D eigenvalue weighted by Gasteiger charge is -2.29. The van der Waals surface area contributed by atoms with Crippen molar-refractivity contribution in [1.29, 1.82) is 0 Å². The molecule has 1 aliphatic rings. The van der Waals surface area contributed by atoms with Gasteiger partial charge < -0.3 is 15.5 Å². The zero-order valence-corrected chi connectivity index (χ0v) is 17.8. The van der Waals surface area contributed by atoms with E-state index in [1.165, 1.54) is 11.3 Å². The average Bonchev–Trinajstić information content (AvgIpc) is 3.12. The molecule has 0 bridgehead atoms. The molecule has 5 nitrogen and oxygen atoms in total. The van der Waals surface area contributed by atoms with Crippen molar-refractivity contribution in [2.24, 2.45) is 11.8 Å².